The van der Waals surface area contributed by atoms with E-state index in [4.69, 9.17) is 18.9 Å². The maximum atomic E-state index is 14.8. The molecule has 19 unspecified atom stereocenters. The number of carbonyl (C=O) groups excluding carboxylic acids is 1. The van der Waals surface area contributed by atoms with Crippen molar-refractivity contribution in [2.24, 2.45) is 50.2 Å². The first-order valence-corrected chi connectivity index (χ1v) is 20.7. The van der Waals surface area contributed by atoms with Crippen molar-refractivity contribution in [1.29, 1.82) is 0 Å². The predicted molar refractivity (Wildman–Crippen MR) is 199 cm³/mol. The molecule has 59 heavy (non-hydrogen) atoms. The smallest absolute Gasteiger partial charge is 0.481 e. The molecule has 0 spiro atoms. The first kappa shape index (κ1) is 47.0. The second-order valence-corrected chi connectivity index (χ2v) is 20.6. The summed E-state index contributed by atoms with van der Waals surface area (Å²) in [5.74, 6) is -4.47. The summed E-state index contributed by atoms with van der Waals surface area (Å²) in [6, 6.07) is 0. The van der Waals surface area contributed by atoms with Gasteiger partial charge in [-0.15, -0.1) is 0 Å². The van der Waals surface area contributed by atoms with Crippen molar-refractivity contribution in [3.8, 4) is 0 Å². The van der Waals surface area contributed by atoms with Gasteiger partial charge in [0.25, 0.3) is 0 Å². The molecule has 19 atom stereocenters. The molecule has 17 heteroatoms. The molecule has 8 N–H and O–H groups in total. The van der Waals surface area contributed by atoms with E-state index in [0.717, 1.165) is 37.7 Å². The van der Waals surface area contributed by atoms with Crippen LogP contribution in [0.5, 0.6) is 0 Å². The van der Waals surface area contributed by atoms with Gasteiger partial charge >= 0.3 is 47.5 Å². The summed E-state index contributed by atoms with van der Waals surface area (Å²) in [6.45, 7) is 14.8. The van der Waals surface area contributed by atoms with Crippen molar-refractivity contribution >= 4 is 23.7 Å². The molecule has 0 aromatic heterocycles. The fraction of sp³-hybridized carbons (Fsp3) is 0.857. The molecular formula is C42H62NaO16+. The standard InChI is InChI=1S/C42H62O16.Na/c1-37(2)21-8-11-42(7)31(20(43)16-18-19-17-39(4,36(53)54)13-12-38(19,3)14-15-41(18,42)6)40(21,5)10-9-22(37)55-35-30(26(47)25(46)29(57-35)33(51)52)58-34-27(48)23(44)24(45)28(56-34)32(49)50;/h16,19,21-31,34-35,44-48H,8-15,17H2,1-7H3,(H,49,50)(H,51,52)(H,53,54);/q;+1. The summed E-state index contributed by atoms with van der Waals surface area (Å²) in [5, 5.41) is 83.0. The van der Waals surface area contributed by atoms with Crippen LogP contribution in [0.4, 0.5) is 0 Å². The first-order chi connectivity index (χ1) is 26.8. The molecule has 0 aromatic carbocycles. The third-order valence-electron chi connectivity index (χ3n) is 17.2. The van der Waals surface area contributed by atoms with Crippen LogP contribution in [0.3, 0.4) is 0 Å². The molecule has 0 radical (unpaired) electrons. The average Bonchev–Trinajstić information content (AvgIpc) is 3.13. The van der Waals surface area contributed by atoms with Gasteiger partial charge in [0.2, 0.25) is 0 Å². The van der Waals surface area contributed by atoms with Crippen LogP contribution in [0.15, 0.2) is 11.6 Å². The number of carbonyl (C=O) groups is 4. The third-order valence-corrected chi connectivity index (χ3v) is 17.2. The maximum absolute atomic E-state index is 14.8. The van der Waals surface area contributed by atoms with Gasteiger partial charge in [-0.05, 0) is 110 Å². The van der Waals surface area contributed by atoms with E-state index in [1.807, 2.05) is 26.8 Å². The number of aliphatic hydroxyl groups excluding tert-OH is 5. The van der Waals surface area contributed by atoms with Gasteiger partial charge in [-0.1, -0.05) is 47.1 Å². The van der Waals surface area contributed by atoms with Gasteiger partial charge < -0.3 is 59.8 Å². The van der Waals surface area contributed by atoms with Gasteiger partial charge in [-0.2, -0.15) is 0 Å². The summed E-state index contributed by atoms with van der Waals surface area (Å²) in [6.07, 6.45) is -12.2. The van der Waals surface area contributed by atoms with Crippen LogP contribution >= 0.6 is 0 Å². The number of carboxylic acids is 3. The van der Waals surface area contributed by atoms with Crippen LogP contribution in [0.2, 0.25) is 0 Å². The van der Waals surface area contributed by atoms with Gasteiger partial charge in [0.1, 0.15) is 36.6 Å². The second-order valence-electron chi connectivity index (χ2n) is 20.6. The molecule has 0 amide bonds. The van der Waals surface area contributed by atoms with Gasteiger partial charge in [0, 0.05) is 5.92 Å². The molecule has 7 rings (SSSR count). The van der Waals surface area contributed by atoms with E-state index >= 15 is 0 Å². The molecular weight excluding hydrogens is 783 g/mol. The third kappa shape index (κ3) is 7.02. The number of aliphatic hydroxyl groups is 5. The van der Waals surface area contributed by atoms with Crippen LogP contribution in [-0.2, 0) is 38.1 Å². The van der Waals surface area contributed by atoms with Crippen molar-refractivity contribution < 1.29 is 109 Å². The van der Waals surface area contributed by atoms with Crippen molar-refractivity contribution in [2.75, 3.05) is 0 Å². The minimum Gasteiger partial charge on any atom is -0.481 e. The van der Waals surface area contributed by atoms with Crippen molar-refractivity contribution in [3.05, 3.63) is 11.6 Å². The fourth-order valence-corrected chi connectivity index (χ4v) is 13.4. The van der Waals surface area contributed by atoms with E-state index in [0.29, 0.717) is 25.7 Å². The summed E-state index contributed by atoms with van der Waals surface area (Å²) in [5.41, 5.74) is -1.81. The van der Waals surface area contributed by atoms with Crippen LogP contribution in [0.25, 0.3) is 0 Å². The van der Waals surface area contributed by atoms with Crippen molar-refractivity contribution in [2.45, 2.75) is 174 Å². The predicted octanol–water partition coefficient (Wildman–Crippen LogP) is -0.750. The van der Waals surface area contributed by atoms with E-state index in [2.05, 4.69) is 27.7 Å². The zero-order valence-corrected chi connectivity index (χ0v) is 37.4. The molecule has 7 aliphatic rings. The Kier molecular flexibility index (Phi) is 12.4. The van der Waals surface area contributed by atoms with E-state index in [9.17, 15) is 60.0 Å². The average molecular weight is 846 g/mol. The SMILES string of the molecule is CC1(C(=O)O)CCC2(C)CCC3(C)C(=CC(=O)C4C5(C)CCC(OC6OC(C(=O)O)C(O)C(O)C6OC6OC(C(=O)O)C(O)C(O)C6O)C(C)(C)C5CCC43C)C2C1.[Na+]. The molecule has 0 aromatic rings. The number of carboxylic acid groups (broad SMARTS) is 3. The summed E-state index contributed by atoms with van der Waals surface area (Å²) in [7, 11) is 0. The minimum absolute atomic E-state index is 0. The largest absolute Gasteiger partial charge is 1.00 e. The fourth-order valence-electron chi connectivity index (χ4n) is 13.4. The van der Waals surface area contributed by atoms with Crippen molar-refractivity contribution in [1.82, 2.24) is 0 Å². The number of allylic oxidation sites excluding steroid dienone is 2. The van der Waals surface area contributed by atoms with Gasteiger partial charge in [0.15, 0.2) is 30.6 Å². The Morgan fingerprint density at radius 2 is 1.27 bits per heavy atom. The Bertz CT molecular complexity index is 1740. The Hall–Kier alpha value is -1.54. The Labute approximate surface area is 366 Å². The van der Waals surface area contributed by atoms with Crippen LogP contribution in [0, 0.1) is 50.2 Å². The zero-order chi connectivity index (χ0) is 42.9. The Morgan fingerprint density at radius 3 is 1.86 bits per heavy atom. The number of aliphatic carboxylic acids is 3. The number of ether oxygens (including phenoxy) is 4. The molecule has 326 valence electrons. The molecule has 2 aliphatic heterocycles. The minimum atomic E-state index is -2.05. The number of ketones is 1. The number of hydrogen-bond donors (Lipinski definition) is 8. The Balaban J connectivity index is 0.00000585. The Morgan fingerprint density at radius 1 is 0.695 bits per heavy atom. The van der Waals surface area contributed by atoms with Gasteiger partial charge in [0.05, 0.1) is 11.5 Å². The van der Waals surface area contributed by atoms with Gasteiger partial charge in [-0.3, -0.25) is 9.59 Å². The summed E-state index contributed by atoms with van der Waals surface area (Å²) < 4.78 is 23.4. The van der Waals surface area contributed by atoms with Crippen molar-refractivity contribution in [3.63, 3.8) is 0 Å². The summed E-state index contributed by atoms with van der Waals surface area (Å²) >= 11 is 0. The monoisotopic (exact) mass is 845 g/mol. The number of hydrogen-bond acceptors (Lipinski definition) is 13. The molecule has 5 aliphatic carbocycles. The maximum Gasteiger partial charge on any atom is 1.00 e. The van der Waals surface area contributed by atoms with E-state index in [1.165, 1.54) is 0 Å². The topological polar surface area (TPSA) is 267 Å². The van der Waals surface area contributed by atoms with Crippen LogP contribution < -0.4 is 29.6 Å². The number of fused-ring (bicyclic) bond motifs is 7. The quantitative estimate of drug-likeness (QED) is 0.116. The van der Waals surface area contributed by atoms with E-state index in [-0.39, 0.29) is 63.9 Å². The molecule has 4 saturated carbocycles. The normalized spacial score (nSPS) is 51.7. The van der Waals surface area contributed by atoms with Gasteiger partial charge in [-0.25, -0.2) is 9.59 Å². The molecule has 0 bridgehead atoms. The second kappa shape index (κ2) is 15.6. The van der Waals surface area contributed by atoms with Crippen LogP contribution in [-0.4, -0.2) is 132 Å². The summed E-state index contributed by atoms with van der Waals surface area (Å²) in [4.78, 5) is 51.3. The number of rotatable bonds is 7. The van der Waals surface area contributed by atoms with E-state index in [1.54, 1.807) is 0 Å². The molecule has 6 fully saturated rings. The van der Waals surface area contributed by atoms with E-state index < -0.39 is 107 Å². The molecule has 16 nitrogen and oxygen atoms in total. The van der Waals surface area contributed by atoms with Crippen LogP contribution in [0.1, 0.15) is 106 Å². The molecule has 2 saturated heterocycles. The first-order valence-electron chi connectivity index (χ1n) is 20.7. The molecule has 2 heterocycles. The zero-order valence-electron chi connectivity index (χ0n) is 35.4.